The molecule has 0 aliphatic carbocycles. The van der Waals surface area contributed by atoms with Crippen molar-refractivity contribution in [1.29, 1.82) is 0 Å². The van der Waals surface area contributed by atoms with Gasteiger partial charge in [0.05, 0.1) is 13.1 Å². The number of nitrogens with one attached hydrogen (secondary N) is 2. The van der Waals surface area contributed by atoms with Gasteiger partial charge in [0.15, 0.2) is 5.96 Å². The molecule has 1 aliphatic rings. The van der Waals surface area contributed by atoms with E-state index in [0.29, 0.717) is 26.2 Å². The number of piperidine rings is 1. The maximum atomic E-state index is 12.5. The number of rotatable bonds is 7. The summed E-state index contributed by atoms with van der Waals surface area (Å²) >= 11 is 0. The molecule has 2 rings (SSSR count). The summed E-state index contributed by atoms with van der Waals surface area (Å²) in [6, 6.07) is 8.44. The number of aliphatic imine (C=N–C) groups is 1. The van der Waals surface area contributed by atoms with Crippen LogP contribution in [0, 0.1) is 0 Å². The zero-order chi connectivity index (χ0) is 20.6. The van der Waals surface area contributed by atoms with Crippen LogP contribution in [0.25, 0.3) is 0 Å². The summed E-state index contributed by atoms with van der Waals surface area (Å²) in [5.74, 6) is 1.59. The van der Waals surface area contributed by atoms with Crippen LogP contribution in [0.5, 0.6) is 5.75 Å². The van der Waals surface area contributed by atoms with Crippen LogP contribution in [-0.4, -0.2) is 63.2 Å². The number of guanidine groups is 1. The zero-order valence-corrected chi connectivity index (χ0v) is 20.2. The third-order valence-electron chi connectivity index (χ3n) is 4.91. The molecule has 0 unspecified atom stereocenters. The maximum Gasteiger partial charge on any atom is 0.251 e. The molecule has 0 spiro atoms. The second-order valence-electron chi connectivity index (χ2n) is 8.24. The number of likely N-dealkylation sites (tertiary alicyclic amines) is 1. The van der Waals surface area contributed by atoms with E-state index in [4.69, 9.17) is 4.74 Å². The van der Waals surface area contributed by atoms with Gasteiger partial charge in [-0.25, -0.2) is 8.78 Å². The summed E-state index contributed by atoms with van der Waals surface area (Å²) in [4.78, 5) is 6.06. The number of hydrogen-bond donors (Lipinski definition) is 2. The molecule has 1 aliphatic heterocycles. The van der Waals surface area contributed by atoms with Crippen LogP contribution in [0.3, 0.4) is 0 Å². The molecule has 5 nitrogen and oxygen atoms in total. The lowest BCUT2D eigenvalue weighted by atomic mass is 9.87. The first kappa shape index (κ1) is 25.9. The fraction of sp³-hybridized carbons (Fsp3) is 0.667. The molecular weight excluding hydrogens is 489 g/mol. The first-order chi connectivity index (χ1) is 13.3. The Morgan fingerprint density at radius 1 is 1.28 bits per heavy atom. The smallest absolute Gasteiger partial charge is 0.251 e. The van der Waals surface area contributed by atoms with E-state index in [-0.39, 0.29) is 42.0 Å². The van der Waals surface area contributed by atoms with Gasteiger partial charge in [-0.3, -0.25) is 9.89 Å². The minimum atomic E-state index is -2.26. The molecule has 29 heavy (non-hydrogen) atoms. The van der Waals surface area contributed by atoms with Crippen molar-refractivity contribution in [2.45, 2.75) is 51.5 Å². The molecule has 0 amide bonds. The van der Waals surface area contributed by atoms with Crippen LogP contribution in [0.1, 0.15) is 39.2 Å². The van der Waals surface area contributed by atoms with Crippen LogP contribution < -0.4 is 15.4 Å². The van der Waals surface area contributed by atoms with Gasteiger partial charge in [-0.2, -0.15) is 0 Å². The minimum absolute atomic E-state index is 0. The van der Waals surface area contributed by atoms with Crippen LogP contribution in [0.15, 0.2) is 29.3 Å². The molecule has 1 aromatic carbocycles. The number of benzene rings is 1. The van der Waals surface area contributed by atoms with Gasteiger partial charge in [0.1, 0.15) is 12.4 Å². The lowest BCUT2D eigenvalue weighted by Gasteiger charge is -2.32. The second-order valence-corrected chi connectivity index (χ2v) is 8.24. The molecule has 1 heterocycles. The summed E-state index contributed by atoms with van der Waals surface area (Å²) in [5.41, 5.74) is 1.34. The lowest BCUT2D eigenvalue weighted by Crippen LogP contribution is -2.49. The van der Waals surface area contributed by atoms with Gasteiger partial charge in [-0.15, -0.1) is 24.0 Å². The number of nitrogens with zero attached hydrogens (tertiary/aromatic N) is 2. The third-order valence-corrected chi connectivity index (χ3v) is 4.91. The van der Waals surface area contributed by atoms with Crippen molar-refractivity contribution in [3.8, 4) is 5.75 Å². The largest absolute Gasteiger partial charge is 0.492 e. The highest BCUT2D eigenvalue weighted by Gasteiger charge is 2.22. The Kier molecular flexibility index (Phi) is 11.2. The van der Waals surface area contributed by atoms with E-state index < -0.39 is 6.43 Å². The first-order valence-electron chi connectivity index (χ1n) is 9.99. The van der Waals surface area contributed by atoms with E-state index >= 15 is 0 Å². The maximum absolute atomic E-state index is 12.5. The van der Waals surface area contributed by atoms with Crippen molar-refractivity contribution in [2.75, 3.05) is 39.8 Å². The van der Waals surface area contributed by atoms with Gasteiger partial charge in [0.25, 0.3) is 6.43 Å². The van der Waals surface area contributed by atoms with Crippen LogP contribution in [0.2, 0.25) is 0 Å². The predicted molar refractivity (Wildman–Crippen MR) is 126 cm³/mol. The highest BCUT2D eigenvalue weighted by Crippen LogP contribution is 2.25. The standard InChI is InChI=1S/C21H34F2N4O.HI/c1-21(2,3)16-6-5-7-18(14-16)28-13-10-25-20(24-4)26-17-8-11-27(12-9-17)15-19(22)23;/h5-7,14,17,19H,8-13,15H2,1-4H3,(H2,24,25,26);1H. The number of ether oxygens (including phenoxy) is 1. The molecule has 0 aromatic heterocycles. The van der Waals surface area contributed by atoms with Crippen LogP contribution in [-0.2, 0) is 5.41 Å². The first-order valence-corrected chi connectivity index (χ1v) is 9.99. The van der Waals surface area contributed by atoms with Gasteiger partial charge in [0.2, 0.25) is 0 Å². The second kappa shape index (κ2) is 12.5. The Hall–Kier alpha value is -1.16. The number of hydrogen-bond acceptors (Lipinski definition) is 3. The van der Waals surface area contributed by atoms with Crippen molar-refractivity contribution in [3.63, 3.8) is 0 Å². The van der Waals surface area contributed by atoms with E-state index in [1.54, 1.807) is 7.05 Å². The van der Waals surface area contributed by atoms with Crippen molar-refractivity contribution >= 4 is 29.9 Å². The number of halogens is 3. The molecule has 1 fully saturated rings. The molecular formula is C21H35F2IN4O. The average Bonchev–Trinajstić information content (AvgIpc) is 2.65. The predicted octanol–water partition coefficient (Wildman–Crippen LogP) is 3.88. The quantitative estimate of drug-likeness (QED) is 0.246. The van der Waals surface area contributed by atoms with Crippen LogP contribution in [0.4, 0.5) is 8.78 Å². The summed E-state index contributed by atoms with van der Waals surface area (Å²) in [6.45, 7) is 8.95. The monoisotopic (exact) mass is 524 g/mol. The Bertz CT molecular complexity index is 629. The minimum Gasteiger partial charge on any atom is -0.492 e. The molecule has 0 atom stereocenters. The SMILES string of the molecule is CN=C(NCCOc1cccc(C(C)(C)C)c1)NC1CCN(CC(F)F)CC1.I. The molecule has 1 aromatic rings. The van der Waals surface area contributed by atoms with Crippen LogP contribution >= 0.6 is 24.0 Å². The summed E-state index contributed by atoms with van der Waals surface area (Å²) in [6.07, 6.45) is -0.587. The van der Waals surface area contributed by atoms with Crippen molar-refractivity contribution in [3.05, 3.63) is 29.8 Å². The lowest BCUT2D eigenvalue weighted by molar-refractivity contribution is 0.0744. The van der Waals surface area contributed by atoms with Gasteiger partial charge < -0.3 is 15.4 Å². The van der Waals surface area contributed by atoms with Crippen molar-refractivity contribution < 1.29 is 13.5 Å². The normalized spacial score (nSPS) is 16.4. The molecule has 0 saturated carbocycles. The topological polar surface area (TPSA) is 48.9 Å². The van der Waals surface area contributed by atoms with Gasteiger partial charge in [0, 0.05) is 26.2 Å². The summed E-state index contributed by atoms with van der Waals surface area (Å²) < 4.78 is 30.8. The fourth-order valence-corrected chi connectivity index (χ4v) is 3.23. The van der Waals surface area contributed by atoms with E-state index in [1.165, 1.54) is 5.56 Å². The van der Waals surface area contributed by atoms with Crippen molar-refractivity contribution in [1.82, 2.24) is 15.5 Å². The Labute approximate surface area is 190 Å². The Morgan fingerprint density at radius 3 is 2.55 bits per heavy atom. The zero-order valence-electron chi connectivity index (χ0n) is 17.9. The Morgan fingerprint density at radius 2 is 1.97 bits per heavy atom. The van der Waals surface area contributed by atoms with E-state index in [9.17, 15) is 8.78 Å². The molecule has 0 bridgehead atoms. The van der Waals surface area contributed by atoms with E-state index in [2.05, 4.69) is 48.5 Å². The van der Waals surface area contributed by atoms with Gasteiger partial charge in [-0.1, -0.05) is 32.9 Å². The Balaban J connectivity index is 0.00000420. The van der Waals surface area contributed by atoms with E-state index in [0.717, 1.165) is 24.6 Å². The fourth-order valence-electron chi connectivity index (χ4n) is 3.23. The average molecular weight is 524 g/mol. The third kappa shape index (κ3) is 9.46. The molecule has 0 radical (unpaired) electrons. The molecule has 2 N–H and O–H groups in total. The van der Waals surface area contributed by atoms with Crippen molar-refractivity contribution in [2.24, 2.45) is 4.99 Å². The molecule has 1 saturated heterocycles. The van der Waals surface area contributed by atoms with Gasteiger partial charge in [-0.05, 0) is 36.0 Å². The van der Waals surface area contributed by atoms with E-state index in [1.807, 2.05) is 17.0 Å². The summed E-state index contributed by atoms with van der Waals surface area (Å²) in [5, 5.41) is 6.63. The van der Waals surface area contributed by atoms with Gasteiger partial charge >= 0.3 is 0 Å². The number of alkyl halides is 2. The summed E-state index contributed by atoms with van der Waals surface area (Å²) in [7, 11) is 1.73. The molecule has 8 heteroatoms. The highest BCUT2D eigenvalue weighted by molar-refractivity contribution is 14.0. The highest BCUT2D eigenvalue weighted by atomic mass is 127. The molecule has 166 valence electrons.